The number of rotatable bonds is 6. The van der Waals surface area contributed by atoms with E-state index in [0.717, 1.165) is 5.69 Å². The first-order valence-corrected chi connectivity index (χ1v) is 9.41. The molecular formula is C21H20N8O. The number of carbonyl (C=O) groups is 1. The smallest absolute Gasteiger partial charge is 0.256 e. The Morgan fingerprint density at radius 3 is 2.73 bits per heavy atom. The van der Waals surface area contributed by atoms with Crippen molar-refractivity contribution >= 4 is 23.2 Å². The molecule has 0 atom stereocenters. The number of pyridine rings is 1. The number of hydrogen-bond donors (Lipinski definition) is 2. The molecule has 0 unspecified atom stereocenters. The zero-order chi connectivity index (χ0) is 20.9. The molecule has 2 N–H and O–H groups in total. The van der Waals surface area contributed by atoms with Crippen LogP contribution in [0.1, 0.15) is 30.2 Å². The zero-order valence-electron chi connectivity index (χ0n) is 16.5. The lowest BCUT2D eigenvalue weighted by Gasteiger charge is -2.11. The molecule has 4 rings (SSSR count). The van der Waals surface area contributed by atoms with Gasteiger partial charge in [0.2, 0.25) is 0 Å². The average molecular weight is 400 g/mol. The number of aromatic nitrogens is 6. The molecule has 1 amide bonds. The van der Waals surface area contributed by atoms with Crippen molar-refractivity contribution in [2.75, 3.05) is 10.6 Å². The maximum absolute atomic E-state index is 12.8. The standard InChI is InChI=1S/C21H20N8O/c1-14(2)29-13-24-28-20(29)17-7-4-8-19(26-17)27-21(30)15-5-3-6-16(11-15)25-18-9-10-22-12-23-18/h3-14H,1-2H3,(H,22,23,25)(H,26,27,30). The van der Waals surface area contributed by atoms with Crippen molar-refractivity contribution in [1.29, 1.82) is 0 Å². The molecule has 150 valence electrons. The highest BCUT2D eigenvalue weighted by molar-refractivity contribution is 6.04. The van der Waals surface area contributed by atoms with Gasteiger partial charge in [-0.25, -0.2) is 15.0 Å². The summed E-state index contributed by atoms with van der Waals surface area (Å²) in [5.41, 5.74) is 1.87. The Morgan fingerprint density at radius 1 is 1.07 bits per heavy atom. The fourth-order valence-electron chi connectivity index (χ4n) is 2.87. The second kappa shape index (κ2) is 8.48. The van der Waals surface area contributed by atoms with Crippen LogP contribution < -0.4 is 10.6 Å². The Bertz CT molecular complexity index is 1160. The minimum absolute atomic E-state index is 0.195. The maximum atomic E-state index is 12.8. The van der Waals surface area contributed by atoms with Gasteiger partial charge in [-0.3, -0.25) is 4.79 Å². The molecule has 0 radical (unpaired) electrons. The number of nitrogens with one attached hydrogen (secondary N) is 2. The van der Waals surface area contributed by atoms with Crippen LogP contribution in [0.2, 0.25) is 0 Å². The van der Waals surface area contributed by atoms with Gasteiger partial charge in [0.25, 0.3) is 5.91 Å². The Hall–Kier alpha value is -4.14. The summed E-state index contributed by atoms with van der Waals surface area (Å²) in [6.07, 6.45) is 4.77. The predicted octanol–water partition coefficient (Wildman–Crippen LogP) is 3.71. The molecule has 0 aliphatic heterocycles. The minimum atomic E-state index is -0.267. The molecule has 0 fully saturated rings. The van der Waals surface area contributed by atoms with Crippen molar-refractivity contribution in [3.63, 3.8) is 0 Å². The van der Waals surface area contributed by atoms with Gasteiger partial charge in [-0.15, -0.1) is 10.2 Å². The first kappa shape index (κ1) is 19.2. The van der Waals surface area contributed by atoms with E-state index in [1.807, 2.05) is 36.6 Å². The lowest BCUT2D eigenvalue weighted by molar-refractivity contribution is 0.102. The summed E-state index contributed by atoms with van der Waals surface area (Å²) < 4.78 is 1.93. The second-order valence-electron chi connectivity index (χ2n) is 6.82. The molecule has 0 aliphatic carbocycles. The van der Waals surface area contributed by atoms with E-state index in [1.165, 1.54) is 6.33 Å². The van der Waals surface area contributed by atoms with Gasteiger partial charge in [0.05, 0.1) is 0 Å². The summed E-state index contributed by atoms with van der Waals surface area (Å²) in [5, 5.41) is 14.1. The van der Waals surface area contributed by atoms with Crippen molar-refractivity contribution in [1.82, 2.24) is 29.7 Å². The maximum Gasteiger partial charge on any atom is 0.256 e. The largest absolute Gasteiger partial charge is 0.340 e. The Morgan fingerprint density at radius 2 is 1.93 bits per heavy atom. The topological polar surface area (TPSA) is 111 Å². The van der Waals surface area contributed by atoms with E-state index >= 15 is 0 Å². The predicted molar refractivity (Wildman–Crippen MR) is 113 cm³/mol. The highest BCUT2D eigenvalue weighted by atomic mass is 16.1. The van der Waals surface area contributed by atoms with Gasteiger partial charge in [0, 0.05) is 23.5 Å². The van der Waals surface area contributed by atoms with E-state index in [4.69, 9.17) is 0 Å². The zero-order valence-corrected chi connectivity index (χ0v) is 16.5. The summed E-state index contributed by atoms with van der Waals surface area (Å²) >= 11 is 0. The fraction of sp³-hybridized carbons (Fsp3) is 0.143. The molecule has 0 spiro atoms. The Balaban J connectivity index is 1.52. The third-order valence-electron chi connectivity index (χ3n) is 4.33. The summed E-state index contributed by atoms with van der Waals surface area (Å²) in [7, 11) is 0. The van der Waals surface area contributed by atoms with Crippen LogP contribution in [0, 0.1) is 0 Å². The van der Waals surface area contributed by atoms with Gasteiger partial charge in [-0.2, -0.15) is 0 Å². The summed E-state index contributed by atoms with van der Waals surface area (Å²) in [4.78, 5) is 25.3. The lowest BCUT2D eigenvalue weighted by atomic mass is 10.2. The third kappa shape index (κ3) is 4.30. The fourth-order valence-corrected chi connectivity index (χ4v) is 2.87. The lowest BCUT2D eigenvalue weighted by Crippen LogP contribution is -2.13. The molecule has 3 aromatic heterocycles. The van der Waals surface area contributed by atoms with Gasteiger partial charge in [-0.05, 0) is 50.2 Å². The molecule has 0 bridgehead atoms. The van der Waals surface area contributed by atoms with Crippen molar-refractivity contribution in [3.05, 3.63) is 72.9 Å². The number of nitrogens with zero attached hydrogens (tertiary/aromatic N) is 6. The van der Waals surface area contributed by atoms with E-state index in [2.05, 4.69) is 35.8 Å². The number of amides is 1. The van der Waals surface area contributed by atoms with Crippen LogP contribution in [0.25, 0.3) is 11.5 Å². The van der Waals surface area contributed by atoms with Crippen LogP contribution >= 0.6 is 0 Å². The molecule has 1 aromatic carbocycles. The van der Waals surface area contributed by atoms with Crippen LogP contribution in [0.5, 0.6) is 0 Å². The van der Waals surface area contributed by atoms with Crippen LogP contribution in [-0.2, 0) is 0 Å². The van der Waals surface area contributed by atoms with E-state index in [1.54, 1.807) is 42.9 Å². The highest BCUT2D eigenvalue weighted by Crippen LogP contribution is 2.21. The number of anilines is 3. The van der Waals surface area contributed by atoms with E-state index < -0.39 is 0 Å². The number of benzene rings is 1. The number of carbonyl (C=O) groups excluding carboxylic acids is 1. The van der Waals surface area contributed by atoms with Crippen LogP contribution in [0.3, 0.4) is 0 Å². The van der Waals surface area contributed by atoms with Gasteiger partial charge in [-0.1, -0.05) is 12.1 Å². The van der Waals surface area contributed by atoms with Gasteiger partial charge in [0.15, 0.2) is 5.82 Å². The first-order valence-electron chi connectivity index (χ1n) is 9.41. The third-order valence-corrected chi connectivity index (χ3v) is 4.33. The summed E-state index contributed by atoms with van der Waals surface area (Å²) in [5.74, 6) is 1.46. The average Bonchev–Trinajstić information content (AvgIpc) is 3.25. The Labute approximate surface area is 173 Å². The molecule has 30 heavy (non-hydrogen) atoms. The van der Waals surface area contributed by atoms with Crippen molar-refractivity contribution in [2.45, 2.75) is 19.9 Å². The number of hydrogen-bond acceptors (Lipinski definition) is 7. The summed E-state index contributed by atoms with van der Waals surface area (Å²) in [6, 6.07) is 14.5. The van der Waals surface area contributed by atoms with Gasteiger partial charge in [0.1, 0.15) is 30.0 Å². The molecule has 0 saturated heterocycles. The van der Waals surface area contributed by atoms with Crippen molar-refractivity contribution in [2.24, 2.45) is 0 Å². The van der Waals surface area contributed by atoms with Crippen LogP contribution in [0.4, 0.5) is 17.3 Å². The SMILES string of the molecule is CC(C)n1cnnc1-c1cccc(NC(=O)c2cccc(Nc3ccncn3)c2)n1. The molecule has 0 saturated carbocycles. The first-order chi connectivity index (χ1) is 14.6. The monoisotopic (exact) mass is 400 g/mol. The van der Waals surface area contributed by atoms with E-state index in [9.17, 15) is 4.79 Å². The van der Waals surface area contributed by atoms with Crippen molar-refractivity contribution in [3.8, 4) is 11.5 Å². The van der Waals surface area contributed by atoms with Crippen molar-refractivity contribution < 1.29 is 4.79 Å². The molecule has 4 aromatic rings. The molecular weight excluding hydrogens is 380 g/mol. The van der Waals surface area contributed by atoms with Gasteiger partial charge >= 0.3 is 0 Å². The highest BCUT2D eigenvalue weighted by Gasteiger charge is 2.13. The van der Waals surface area contributed by atoms with E-state index in [0.29, 0.717) is 28.7 Å². The molecule has 3 heterocycles. The Kier molecular flexibility index (Phi) is 5.42. The normalized spacial score (nSPS) is 10.8. The summed E-state index contributed by atoms with van der Waals surface area (Å²) in [6.45, 7) is 4.09. The minimum Gasteiger partial charge on any atom is -0.340 e. The molecule has 9 heteroatoms. The van der Waals surface area contributed by atoms with Crippen LogP contribution in [0.15, 0.2) is 67.4 Å². The molecule has 0 aliphatic rings. The quantitative estimate of drug-likeness (QED) is 0.507. The van der Waals surface area contributed by atoms with E-state index in [-0.39, 0.29) is 11.9 Å². The van der Waals surface area contributed by atoms with Gasteiger partial charge < -0.3 is 15.2 Å². The van der Waals surface area contributed by atoms with Crippen LogP contribution in [-0.4, -0.2) is 35.6 Å². The second-order valence-corrected chi connectivity index (χ2v) is 6.82. The molecule has 9 nitrogen and oxygen atoms in total.